The third kappa shape index (κ3) is 2.74. The van der Waals surface area contributed by atoms with Gasteiger partial charge in [0.1, 0.15) is 0 Å². The molecule has 1 aromatic carbocycles. The number of ketones is 1. The summed E-state index contributed by atoms with van der Waals surface area (Å²) in [7, 11) is 1.97. The highest BCUT2D eigenvalue weighted by Crippen LogP contribution is 2.25. The van der Waals surface area contributed by atoms with E-state index >= 15 is 0 Å². The number of hydrogen-bond donors (Lipinski definition) is 1. The van der Waals surface area contributed by atoms with E-state index in [-0.39, 0.29) is 11.8 Å². The SMILES string of the molecule is CCNC(CC)C(=O)c1cn(C)c2cc(Br)ccc12. The lowest BCUT2D eigenvalue weighted by Crippen LogP contribution is -2.35. The number of carbonyl (C=O) groups is 1. The minimum atomic E-state index is -0.0979. The van der Waals surface area contributed by atoms with E-state index in [0.29, 0.717) is 0 Å². The summed E-state index contributed by atoms with van der Waals surface area (Å²) in [6.45, 7) is 4.86. The molecule has 0 spiro atoms. The number of rotatable bonds is 5. The first-order valence-corrected chi connectivity index (χ1v) is 7.40. The predicted octanol–water partition coefficient (Wildman–Crippen LogP) is 3.51. The molecule has 0 saturated heterocycles. The monoisotopic (exact) mass is 322 g/mol. The summed E-state index contributed by atoms with van der Waals surface area (Å²) in [6, 6.07) is 5.93. The maximum absolute atomic E-state index is 12.6. The number of nitrogens with zero attached hydrogens (tertiary/aromatic N) is 1. The van der Waals surface area contributed by atoms with E-state index in [1.54, 1.807) is 0 Å². The van der Waals surface area contributed by atoms with Crippen molar-refractivity contribution in [2.75, 3.05) is 6.54 Å². The number of benzene rings is 1. The minimum absolute atomic E-state index is 0.0979. The summed E-state index contributed by atoms with van der Waals surface area (Å²) in [4.78, 5) is 12.6. The molecule has 1 N–H and O–H groups in total. The lowest BCUT2D eigenvalue weighted by molar-refractivity contribution is 0.0943. The van der Waals surface area contributed by atoms with E-state index in [9.17, 15) is 4.79 Å². The molecule has 0 amide bonds. The van der Waals surface area contributed by atoms with E-state index in [1.807, 2.05) is 49.9 Å². The maximum atomic E-state index is 12.6. The second-order valence-corrected chi connectivity index (χ2v) is 5.61. The van der Waals surface area contributed by atoms with E-state index in [1.165, 1.54) is 0 Å². The summed E-state index contributed by atoms with van der Waals surface area (Å²) >= 11 is 3.47. The largest absolute Gasteiger partial charge is 0.350 e. The van der Waals surface area contributed by atoms with E-state index < -0.39 is 0 Å². The predicted molar refractivity (Wildman–Crippen MR) is 82.7 cm³/mol. The number of fused-ring (bicyclic) bond motifs is 1. The smallest absolute Gasteiger partial charge is 0.181 e. The molecular formula is C15H19BrN2O. The van der Waals surface area contributed by atoms with Crippen molar-refractivity contribution in [1.29, 1.82) is 0 Å². The topological polar surface area (TPSA) is 34.0 Å². The first-order chi connectivity index (χ1) is 9.08. The van der Waals surface area contributed by atoms with Crippen LogP contribution in [0.4, 0.5) is 0 Å². The fourth-order valence-electron chi connectivity index (χ4n) is 2.41. The third-order valence-corrected chi connectivity index (χ3v) is 3.89. The number of aromatic nitrogens is 1. The summed E-state index contributed by atoms with van der Waals surface area (Å²) in [5.41, 5.74) is 1.88. The van der Waals surface area contributed by atoms with Gasteiger partial charge >= 0.3 is 0 Å². The van der Waals surface area contributed by atoms with Crippen molar-refractivity contribution < 1.29 is 4.79 Å². The summed E-state index contributed by atoms with van der Waals surface area (Å²) in [5, 5.41) is 4.27. The molecule has 4 heteroatoms. The molecule has 2 rings (SSSR count). The zero-order valence-corrected chi connectivity index (χ0v) is 13.1. The second kappa shape index (κ2) is 5.88. The van der Waals surface area contributed by atoms with Crippen molar-refractivity contribution >= 4 is 32.6 Å². The normalized spacial score (nSPS) is 12.8. The Bertz CT molecular complexity index is 603. The molecule has 0 bridgehead atoms. The maximum Gasteiger partial charge on any atom is 0.181 e. The van der Waals surface area contributed by atoms with Crippen LogP contribution >= 0.6 is 15.9 Å². The highest BCUT2D eigenvalue weighted by molar-refractivity contribution is 9.10. The van der Waals surface area contributed by atoms with Gasteiger partial charge in [0.15, 0.2) is 5.78 Å². The zero-order chi connectivity index (χ0) is 14.0. The van der Waals surface area contributed by atoms with Crippen LogP contribution in [0.1, 0.15) is 30.6 Å². The quantitative estimate of drug-likeness (QED) is 0.855. The third-order valence-electron chi connectivity index (χ3n) is 3.39. The van der Waals surface area contributed by atoms with Gasteiger partial charge in [-0.15, -0.1) is 0 Å². The minimum Gasteiger partial charge on any atom is -0.350 e. The summed E-state index contributed by atoms with van der Waals surface area (Å²) < 4.78 is 3.03. The van der Waals surface area contributed by atoms with Crippen LogP contribution in [0.15, 0.2) is 28.9 Å². The standard InChI is InChI=1S/C15H19BrN2O/c1-4-13(17-5-2)15(19)12-9-18(3)14-8-10(16)6-7-11(12)14/h6-9,13,17H,4-5H2,1-3H3. The molecule has 102 valence electrons. The molecule has 0 aliphatic rings. The van der Waals surface area contributed by atoms with Gasteiger partial charge in [0, 0.05) is 34.2 Å². The van der Waals surface area contributed by atoms with Crippen molar-refractivity contribution in [2.24, 2.45) is 7.05 Å². The molecular weight excluding hydrogens is 304 g/mol. The van der Waals surface area contributed by atoms with Gasteiger partial charge in [-0.2, -0.15) is 0 Å². The number of likely N-dealkylation sites (N-methyl/N-ethyl adjacent to an activating group) is 1. The first kappa shape index (κ1) is 14.3. The van der Waals surface area contributed by atoms with Gasteiger partial charge in [0.2, 0.25) is 0 Å². The molecule has 3 nitrogen and oxygen atoms in total. The van der Waals surface area contributed by atoms with Crippen LogP contribution in [0.5, 0.6) is 0 Å². The fraction of sp³-hybridized carbons (Fsp3) is 0.400. The number of hydrogen-bond acceptors (Lipinski definition) is 2. The molecule has 1 heterocycles. The van der Waals surface area contributed by atoms with Gasteiger partial charge in [-0.3, -0.25) is 4.79 Å². The van der Waals surface area contributed by atoms with Gasteiger partial charge in [0.25, 0.3) is 0 Å². The Morgan fingerprint density at radius 3 is 2.79 bits per heavy atom. The number of nitrogens with one attached hydrogen (secondary N) is 1. The molecule has 1 atom stereocenters. The van der Waals surface area contributed by atoms with Crippen molar-refractivity contribution in [2.45, 2.75) is 26.3 Å². The Hall–Kier alpha value is -1.13. The van der Waals surface area contributed by atoms with E-state index in [2.05, 4.69) is 21.2 Å². The molecule has 0 radical (unpaired) electrons. The number of halogens is 1. The number of Topliss-reactive ketones (excluding diaryl/α,β-unsaturated/α-hetero) is 1. The van der Waals surface area contributed by atoms with Crippen LogP contribution in [0.3, 0.4) is 0 Å². The lowest BCUT2D eigenvalue weighted by Gasteiger charge is -2.13. The highest BCUT2D eigenvalue weighted by Gasteiger charge is 2.21. The van der Waals surface area contributed by atoms with Gasteiger partial charge in [-0.1, -0.05) is 35.8 Å². The van der Waals surface area contributed by atoms with Gasteiger partial charge in [0.05, 0.1) is 6.04 Å². The Kier molecular flexibility index (Phi) is 4.42. The van der Waals surface area contributed by atoms with Crippen molar-refractivity contribution in [3.8, 4) is 0 Å². The molecule has 1 unspecified atom stereocenters. The molecule has 2 aromatic rings. The Labute approximate surface area is 122 Å². The number of aryl methyl sites for hydroxylation is 1. The van der Waals surface area contributed by atoms with Crippen molar-refractivity contribution in [1.82, 2.24) is 9.88 Å². The second-order valence-electron chi connectivity index (χ2n) is 4.70. The van der Waals surface area contributed by atoms with Gasteiger partial charge < -0.3 is 9.88 Å². The van der Waals surface area contributed by atoms with Gasteiger partial charge in [-0.05, 0) is 25.1 Å². The Morgan fingerprint density at radius 2 is 2.16 bits per heavy atom. The molecule has 1 aromatic heterocycles. The van der Waals surface area contributed by atoms with Crippen LogP contribution in [0.25, 0.3) is 10.9 Å². The average molecular weight is 323 g/mol. The Balaban J connectivity index is 2.48. The molecule has 0 aliphatic carbocycles. The highest BCUT2D eigenvalue weighted by atomic mass is 79.9. The van der Waals surface area contributed by atoms with Gasteiger partial charge in [-0.25, -0.2) is 0 Å². The first-order valence-electron chi connectivity index (χ1n) is 6.60. The molecule has 19 heavy (non-hydrogen) atoms. The fourth-order valence-corrected chi connectivity index (χ4v) is 2.76. The van der Waals surface area contributed by atoms with Crippen molar-refractivity contribution in [3.63, 3.8) is 0 Å². The van der Waals surface area contributed by atoms with Crippen LogP contribution in [-0.4, -0.2) is 22.9 Å². The van der Waals surface area contributed by atoms with E-state index in [4.69, 9.17) is 0 Å². The van der Waals surface area contributed by atoms with Crippen LogP contribution in [0, 0.1) is 0 Å². The average Bonchev–Trinajstić information content (AvgIpc) is 2.72. The molecule has 0 saturated carbocycles. The summed E-state index contributed by atoms with van der Waals surface area (Å²) in [5.74, 6) is 0.178. The molecule has 0 fully saturated rings. The van der Waals surface area contributed by atoms with Crippen LogP contribution < -0.4 is 5.32 Å². The summed E-state index contributed by atoms with van der Waals surface area (Å²) in [6.07, 6.45) is 2.74. The zero-order valence-electron chi connectivity index (χ0n) is 11.5. The van der Waals surface area contributed by atoms with Crippen molar-refractivity contribution in [3.05, 3.63) is 34.4 Å². The Morgan fingerprint density at radius 1 is 1.42 bits per heavy atom. The van der Waals surface area contributed by atoms with E-state index in [0.717, 1.165) is 33.9 Å². The lowest BCUT2D eigenvalue weighted by atomic mass is 10.0. The van der Waals surface area contributed by atoms with Crippen LogP contribution in [-0.2, 0) is 7.05 Å². The molecule has 0 aliphatic heterocycles. The van der Waals surface area contributed by atoms with Crippen LogP contribution in [0.2, 0.25) is 0 Å². The number of carbonyl (C=O) groups excluding carboxylic acids is 1.